The maximum atomic E-state index is 11.2. The number of rotatable bonds is 6. The highest BCUT2D eigenvalue weighted by molar-refractivity contribution is 5.95. The Morgan fingerprint density at radius 3 is 2.60 bits per heavy atom. The lowest BCUT2D eigenvalue weighted by Gasteiger charge is -2.20. The van der Waals surface area contributed by atoms with Crippen molar-refractivity contribution in [1.29, 1.82) is 0 Å². The van der Waals surface area contributed by atoms with E-state index >= 15 is 0 Å². The van der Waals surface area contributed by atoms with Gasteiger partial charge < -0.3 is 15.3 Å². The molecule has 0 heterocycles. The second-order valence-corrected chi connectivity index (χ2v) is 4.11. The second-order valence-electron chi connectivity index (χ2n) is 4.11. The first kappa shape index (κ1) is 15.4. The summed E-state index contributed by atoms with van der Waals surface area (Å²) in [6, 6.07) is 3.51. The Labute approximate surface area is 115 Å². The van der Waals surface area contributed by atoms with E-state index in [1.165, 1.54) is 24.1 Å². The second kappa shape index (κ2) is 6.50. The van der Waals surface area contributed by atoms with Crippen LogP contribution in [0.3, 0.4) is 0 Å². The minimum Gasteiger partial charge on any atom is -0.478 e. The summed E-state index contributed by atoms with van der Waals surface area (Å²) < 4.78 is 0. The topological polar surface area (TPSA) is 113 Å². The van der Waals surface area contributed by atoms with Crippen molar-refractivity contribution in [3.8, 4) is 0 Å². The van der Waals surface area contributed by atoms with Crippen LogP contribution in [-0.2, 0) is 4.79 Å². The molecule has 1 aromatic carbocycles. The molecule has 0 aliphatic carbocycles. The Morgan fingerprint density at radius 1 is 1.45 bits per heavy atom. The van der Waals surface area contributed by atoms with Crippen LogP contribution in [0.15, 0.2) is 18.2 Å². The maximum Gasteiger partial charge on any atom is 0.337 e. The fourth-order valence-corrected chi connectivity index (χ4v) is 1.64. The van der Waals surface area contributed by atoms with E-state index in [1.54, 1.807) is 7.05 Å². The first-order chi connectivity index (χ1) is 9.36. The van der Waals surface area contributed by atoms with Crippen molar-refractivity contribution >= 4 is 23.3 Å². The quantitative estimate of drug-likeness (QED) is 0.590. The van der Waals surface area contributed by atoms with Gasteiger partial charge in [0.25, 0.3) is 5.69 Å². The van der Waals surface area contributed by atoms with Crippen molar-refractivity contribution in [3.05, 3.63) is 33.9 Å². The summed E-state index contributed by atoms with van der Waals surface area (Å²) in [5, 5.41) is 22.3. The van der Waals surface area contributed by atoms with Gasteiger partial charge in [0.05, 0.1) is 16.2 Å². The standard InChI is InChI=1S/C12H15N3O5/c1-13-11(16)5-6-14(2)10-7-8(15(19)20)3-4-9(10)12(17)18/h3-4,7H,5-6H2,1-2H3,(H,13,16)(H,17,18). The number of amides is 1. The van der Waals surface area contributed by atoms with Gasteiger partial charge in [-0.05, 0) is 6.07 Å². The number of nitro benzene ring substituents is 1. The van der Waals surface area contributed by atoms with Gasteiger partial charge in [-0.25, -0.2) is 4.79 Å². The van der Waals surface area contributed by atoms with Gasteiger partial charge in [0.2, 0.25) is 5.91 Å². The number of benzene rings is 1. The molecule has 0 spiro atoms. The molecule has 0 saturated heterocycles. The number of carbonyl (C=O) groups excluding carboxylic acids is 1. The molecule has 1 rings (SSSR count). The van der Waals surface area contributed by atoms with E-state index in [-0.39, 0.29) is 35.8 Å². The molecule has 8 nitrogen and oxygen atoms in total. The van der Waals surface area contributed by atoms with Gasteiger partial charge in [-0.3, -0.25) is 14.9 Å². The van der Waals surface area contributed by atoms with Crippen LogP contribution in [0, 0.1) is 10.1 Å². The van der Waals surface area contributed by atoms with E-state index in [0.29, 0.717) is 0 Å². The first-order valence-electron chi connectivity index (χ1n) is 5.80. The summed E-state index contributed by atoms with van der Waals surface area (Å²) in [4.78, 5) is 34.0. The SMILES string of the molecule is CNC(=O)CCN(C)c1cc([N+](=O)[O-])ccc1C(=O)O. The predicted octanol–water partition coefficient (Wildman–Crippen LogP) is 0.865. The lowest BCUT2D eigenvalue weighted by atomic mass is 10.1. The van der Waals surface area contributed by atoms with Crippen molar-refractivity contribution in [3.63, 3.8) is 0 Å². The van der Waals surface area contributed by atoms with Gasteiger partial charge in [0, 0.05) is 39.2 Å². The molecule has 108 valence electrons. The molecule has 1 aromatic rings. The van der Waals surface area contributed by atoms with E-state index < -0.39 is 10.9 Å². The van der Waals surface area contributed by atoms with Gasteiger partial charge in [-0.2, -0.15) is 0 Å². The fraction of sp³-hybridized carbons (Fsp3) is 0.333. The largest absolute Gasteiger partial charge is 0.478 e. The molecule has 0 aromatic heterocycles. The Kier molecular flexibility index (Phi) is 5.01. The number of aromatic carboxylic acids is 1. The average Bonchev–Trinajstić information content (AvgIpc) is 2.43. The van der Waals surface area contributed by atoms with Crippen LogP contribution in [0.1, 0.15) is 16.8 Å². The molecule has 0 radical (unpaired) electrons. The highest BCUT2D eigenvalue weighted by Crippen LogP contribution is 2.25. The van der Waals surface area contributed by atoms with Gasteiger partial charge in [-0.15, -0.1) is 0 Å². The number of non-ortho nitro benzene ring substituents is 1. The highest BCUT2D eigenvalue weighted by Gasteiger charge is 2.18. The number of nitrogens with zero attached hydrogens (tertiary/aromatic N) is 2. The number of anilines is 1. The summed E-state index contributed by atoms with van der Waals surface area (Å²) in [7, 11) is 3.08. The number of hydrogen-bond acceptors (Lipinski definition) is 5. The molecule has 0 bridgehead atoms. The molecular weight excluding hydrogens is 266 g/mol. The Morgan fingerprint density at radius 2 is 2.10 bits per heavy atom. The van der Waals surface area contributed by atoms with Gasteiger partial charge in [0.1, 0.15) is 0 Å². The molecule has 1 amide bonds. The smallest absolute Gasteiger partial charge is 0.337 e. The Hall–Kier alpha value is -2.64. The molecule has 8 heteroatoms. The van der Waals surface area contributed by atoms with E-state index in [4.69, 9.17) is 5.11 Å². The molecular formula is C12H15N3O5. The number of carbonyl (C=O) groups is 2. The van der Waals surface area contributed by atoms with Crippen LogP contribution in [0.5, 0.6) is 0 Å². The summed E-state index contributed by atoms with van der Waals surface area (Å²) in [6.07, 6.45) is 0.161. The minimum absolute atomic E-state index is 0.0463. The highest BCUT2D eigenvalue weighted by atomic mass is 16.6. The first-order valence-corrected chi connectivity index (χ1v) is 5.80. The fourth-order valence-electron chi connectivity index (χ4n) is 1.64. The molecule has 0 aliphatic heterocycles. The monoisotopic (exact) mass is 281 g/mol. The normalized spacial score (nSPS) is 9.90. The molecule has 0 unspecified atom stereocenters. The Balaban J connectivity index is 3.05. The lowest BCUT2D eigenvalue weighted by molar-refractivity contribution is -0.384. The third-order valence-electron chi connectivity index (χ3n) is 2.79. The molecule has 0 fully saturated rings. The number of nitrogens with one attached hydrogen (secondary N) is 1. The van der Waals surface area contributed by atoms with Crippen LogP contribution in [0.25, 0.3) is 0 Å². The van der Waals surface area contributed by atoms with Crippen molar-refractivity contribution in [1.82, 2.24) is 5.32 Å². The predicted molar refractivity (Wildman–Crippen MR) is 72.0 cm³/mol. The zero-order chi connectivity index (χ0) is 15.3. The number of hydrogen-bond donors (Lipinski definition) is 2. The maximum absolute atomic E-state index is 11.2. The van der Waals surface area contributed by atoms with Crippen molar-refractivity contribution < 1.29 is 19.6 Å². The lowest BCUT2D eigenvalue weighted by Crippen LogP contribution is -2.27. The van der Waals surface area contributed by atoms with Crippen molar-refractivity contribution in [2.24, 2.45) is 0 Å². The number of nitro groups is 1. The molecule has 0 atom stereocenters. The van der Waals surface area contributed by atoms with Crippen LogP contribution >= 0.6 is 0 Å². The molecule has 0 saturated carbocycles. The third kappa shape index (κ3) is 3.67. The van der Waals surface area contributed by atoms with Crippen LogP contribution < -0.4 is 10.2 Å². The summed E-state index contributed by atoms with van der Waals surface area (Å²) in [5.74, 6) is -1.37. The number of carboxylic acid groups (broad SMARTS) is 1. The minimum atomic E-state index is -1.18. The molecule has 20 heavy (non-hydrogen) atoms. The van der Waals surface area contributed by atoms with Gasteiger partial charge in [-0.1, -0.05) is 0 Å². The Bertz CT molecular complexity index is 544. The zero-order valence-corrected chi connectivity index (χ0v) is 11.1. The average molecular weight is 281 g/mol. The summed E-state index contributed by atoms with van der Waals surface area (Å²) in [6.45, 7) is 0.251. The van der Waals surface area contributed by atoms with E-state index in [2.05, 4.69) is 5.32 Å². The van der Waals surface area contributed by atoms with Crippen molar-refractivity contribution in [2.75, 3.05) is 25.5 Å². The summed E-state index contributed by atoms with van der Waals surface area (Å²) >= 11 is 0. The summed E-state index contributed by atoms with van der Waals surface area (Å²) in [5.41, 5.74) is -0.0394. The zero-order valence-electron chi connectivity index (χ0n) is 11.1. The van der Waals surface area contributed by atoms with Crippen molar-refractivity contribution in [2.45, 2.75) is 6.42 Å². The third-order valence-corrected chi connectivity index (χ3v) is 2.79. The van der Waals surface area contributed by atoms with Gasteiger partial charge in [0.15, 0.2) is 0 Å². The van der Waals surface area contributed by atoms with E-state index in [9.17, 15) is 19.7 Å². The van der Waals surface area contributed by atoms with Gasteiger partial charge >= 0.3 is 5.97 Å². The van der Waals surface area contributed by atoms with Crippen LogP contribution in [0.2, 0.25) is 0 Å². The van der Waals surface area contributed by atoms with Crippen LogP contribution in [0.4, 0.5) is 11.4 Å². The van der Waals surface area contributed by atoms with E-state index in [1.807, 2.05) is 0 Å². The van der Waals surface area contributed by atoms with E-state index in [0.717, 1.165) is 6.07 Å². The molecule has 0 aliphatic rings. The molecule has 2 N–H and O–H groups in total. The van der Waals surface area contributed by atoms with Crippen LogP contribution in [-0.4, -0.2) is 42.5 Å². The number of carboxylic acids is 1.